The second-order valence-corrected chi connectivity index (χ2v) is 4.42. The van der Waals surface area contributed by atoms with Crippen LogP contribution in [-0.4, -0.2) is 24.5 Å². The first-order valence-electron chi connectivity index (χ1n) is 6.21. The van der Waals surface area contributed by atoms with Crippen LogP contribution in [0, 0.1) is 6.92 Å². The molecule has 0 bridgehead atoms. The fourth-order valence-corrected chi connectivity index (χ4v) is 1.96. The van der Waals surface area contributed by atoms with Crippen molar-refractivity contribution in [1.82, 2.24) is 10.3 Å². The van der Waals surface area contributed by atoms with E-state index in [1.807, 2.05) is 25.1 Å². The Labute approximate surface area is 112 Å². The summed E-state index contributed by atoms with van der Waals surface area (Å²) in [5.41, 5.74) is 8.56. The molecule has 1 aromatic heterocycles. The number of nitrogens with one attached hydrogen (secondary N) is 2. The predicted octanol–water partition coefficient (Wildman–Crippen LogP) is 1.67. The number of benzene rings is 1. The smallest absolute Gasteiger partial charge is 0.221 e. The van der Waals surface area contributed by atoms with Gasteiger partial charge in [-0.2, -0.15) is 0 Å². The SMILES string of the molecule is CNC(=O)CCNc1ccc(N)c2cnc(C)cc12. The maximum Gasteiger partial charge on any atom is 0.221 e. The number of hydrogen-bond donors (Lipinski definition) is 3. The van der Waals surface area contributed by atoms with Crippen LogP contribution in [0.25, 0.3) is 10.8 Å². The number of carbonyl (C=O) groups excluding carboxylic acids is 1. The molecule has 0 aliphatic rings. The third-order valence-corrected chi connectivity index (χ3v) is 3.02. The zero-order valence-corrected chi connectivity index (χ0v) is 11.2. The summed E-state index contributed by atoms with van der Waals surface area (Å²) in [6.07, 6.45) is 2.22. The van der Waals surface area contributed by atoms with E-state index in [0.29, 0.717) is 18.7 Å². The van der Waals surface area contributed by atoms with Crippen LogP contribution in [0.15, 0.2) is 24.4 Å². The molecule has 0 atom stereocenters. The normalized spacial score (nSPS) is 10.4. The summed E-state index contributed by atoms with van der Waals surface area (Å²) < 4.78 is 0. The van der Waals surface area contributed by atoms with E-state index in [1.165, 1.54) is 0 Å². The Balaban J connectivity index is 2.25. The highest BCUT2D eigenvalue weighted by Gasteiger charge is 2.05. The summed E-state index contributed by atoms with van der Waals surface area (Å²) in [5, 5.41) is 7.82. The fourth-order valence-electron chi connectivity index (χ4n) is 1.96. The quantitative estimate of drug-likeness (QED) is 0.729. The lowest BCUT2D eigenvalue weighted by Gasteiger charge is -2.11. The molecule has 0 spiro atoms. The fraction of sp³-hybridized carbons (Fsp3) is 0.286. The van der Waals surface area contributed by atoms with Gasteiger partial charge in [-0.3, -0.25) is 9.78 Å². The average Bonchev–Trinajstić information content (AvgIpc) is 2.41. The Bertz CT molecular complexity index is 610. The van der Waals surface area contributed by atoms with Gasteiger partial charge >= 0.3 is 0 Å². The number of pyridine rings is 1. The Morgan fingerprint density at radius 3 is 2.89 bits per heavy atom. The van der Waals surface area contributed by atoms with E-state index >= 15 is 0 Å². The van der Waals surface area contributed by atoms with Gasteiger partial charge in [0.1, 0.15) is 0 Å². The number of rotatable bonds is 4. The molecule has 1 amide bonds. The van der Waals surface area contributed by atoms with Crippen molar-refractivity contribution in [2.75, 3.05) is 24.6 Å². The van der Waals surface area contributed by atoms with Crippen molar-refractivity contribution >= 4 is 28.1 Å². The molecule has 100 valence electrons. The van der Waals surface area contributed by atoms with E-state index < -0.39 is 0 Å². The maximum atomic E-state index is 11.2. The minimum absolute atomic E-state index is 0.0186. The topological polar surface area (TPSA) is 80.0 Å². The van der Waals surface area contributed by atoms with Crippen LogP contribution in [0.5, 0.6) is 0 Å². The van der Waals surface area contributed by atoms with Gasteiger partial charge in [0.25, 0.3) is 0 Å². The molecular formula is C14H18N4O. The molecule has 5 nitrogen and oxygen atoms in total. The second-order valence-electron chi connectivity index (χ2n) is 4.42. The molecule has 0 radical (unpaired) electrons. The number of nitrogen functional groups attached to an aromatic ring is 1. The van der Waals surface area contributed by atoms with Crippen LogP contribution in [0.1, 0.15) is 12.1 Å². The van der Waals surface area contributed by atoms with E-state index in [1.54, 1.807) is 13.2 Å². The third-order valence-electron chi connectivity index (χ3n) is 3.02. The Morgan fingerprint density at radius 1 is 1.37 bits per heavy atom. The van der Waals surface area contributed by atoms with E-state index in [4.69, 9.17) is 5.73 Å². The zero-order valence-electron chi connectivity index (χ0n) is 11.2. The minimum atomic E-state index is 0.0186. The Morgan fingerprint density at radius 2 is 2.16 bits per heavy atom. The van der Waals surface area contributed by atoms with Crippen LogP contribution in [-0.2, 0) is 4.79 Å². The van der Waals surface area contributed by atoms with Gasteiger partial charge in [0.15, 0.2) is 0 Å². The lowest BCUT2D eigenvalue weighted by molar-refractivity contribution is -0.120. The van der Waals surface area contributed by atoms with E-state index in [-0.39, 0.29) is 5.91 Å². The van der Waals surface area contributed by atoms with Crippen molar-refractivity contribution < 1.29 is 4.79 Å². The summed E-state index contributed by atoms with van der Waals surface area (Å²) in [7, 11) is 1.63. The van der Waals surface area contributed by atoms with Gasteiger partial charge in [0.05, 0.1) is 0 Å². The summed E-state index contributed by atoms with van der Waals surface area (Å²) in [5.74, 6) is 0.0186. The van der Waals surface area contributed by atoms with Crippen molar-refractivity contribution in [1.29, 1.82) is 0 Å². The van der Waals surface area contributed by atoms with E-state index in [2.05, 4.69) is 15.6 Å². The van der Waals surface area contributed by atoms with Gasteiger partial charge in [0, 0.05) is 54.1 Å². The number of aromatic nitrogens is 1. The highest BCUT2D eigenvalue weighted by atomic mass is 16.1. The number of hydrogen-bond acceptors (Lipinski definition) is 4. The average molecular weight is 258 g/mol. The maximum absolute atomic E-state index is 11.2. The minimum Gasteiger partial charge on any atom is -0.398 e. The molecule has 1 aromatic carbocycles. The van der Waals surface area contributed by atoms with Crippen LogP contribution in [0.2, 0.25) is 0 Å². The highest BCUT2D eigenvalue weighted by molar-refractivity contribution is 6.00. The molecular weight excluding hydrogens is 240 g/mol. The largest absolute Gasteiger partial charge is 0.398 e. The molecule has 5 heteroatoms. The van der Waals surface area contributed by atoms with Crippen molar-refractivity contribution in [3.63, 3.8) is 0 Å². The lowest BCUT2D eigenvalue weighted by Crippen LogP contribution is -2.20. The van der Waals surface area contributed by atoms with Crippen LogP contribution in [0.4, 0.5) is 11.4 Å². The first-order chi connectivity index (χ1) is 9.11. The monoisotopic (exact) mass is 258 g/mol. The Kier molecular flexibility index (Phi) is 3.85. The van der Waals surface area contributed by atoms with Gasteiger partial charge < -0.3 is 16.4 Å². The van der Waals surface area contributed by atoms with E-state index in [0.717, 1.165) is 22.2 Å². The molecule has 0 unspecified atom stereocenters. The molecule has 0 fully saturated rings. The highest BCUT2D eigenvalue weighted by Crippen LogP contribution is 2.28. The number of fused-ring (bicyclic) bond motifs is 1. The summed E-state index contributed by atoms with van der Waals surface area (Å²) in [6.45, 7) is 2.52. The molecule has 0 saturated heterocycles. The molecule has 4 N–H and O–H groups in total. The lowest BCUT2D eigenvalue weighted by atomic mass is 10.1. The third kappa shape index (κ3) is 2.93. The number of nitrogens with two attached hydrogens (primary N) is 1. The first-order valence-corrected chi connectivity index (χ1v) is 6.21. The van der Waals surface area contributed by atoms with Crippen LogP contribution < -0.4 is 16.4 Å². The molecule has 0 aliphatic carbocycles. The van der Waals surface area contributed by atoms with Gasteiger partial charge in [-0.25, -0.2) is 0 Å². The number of amides is 1. The number of nitrogens with zero attached hydrogens (tertiary/aromatic N) is 1. The van der Waals surface area contributed by atoms with Gasteiger partial charge in [-0.05, 0) is 25.1 Å². The summed E-state index contributed by atoms with van der Waals surface area (Å²) in [4.78, 5) is 15.5. The van der Waals surface area contributed by atoms with Crippen molar-refractivity contribution in [3.8, 4) is 0 Å². The standard InChI is InChI=1S/C14H18N4O/c1-9-7-10-11(8-18-9)12(15)3-4-13(10)17-6-5-14(19)16-2/h3-4,7-8,17H,5-6,15H2,1-2H3,(H,16,19). The predicted molar refractivity (Wildman–Crippen MR) is 78.1 cm³/mol. The van der Waals surface area contributed by atoms with Gasteiger partial charge in [0.2, 0.25) is 5.91 Å². The first kappa shape index (κ1) is 13.1. The zero-order chi connectivity index (χ0) is 13.8. The molecule has 1 heterocycles. The van der Waals surface area contributed by atoms with Crippen LogP contribution >= 0.6 is 0 Å². The second kappa shape index (κ2) is 5.56. The van der Waals surface area contributed by atoms with Gasteiger partial charge in [-0.15, -0.1) is 0 Å². The molecule has 0 aliphatic heterocycles. The Hall–Kier alpha value is -2.30. The molecule has 0 saturated carbocycles. The van der Waals surface area contributed by atoms with Crippen molar-refractivity contribution in [3.05, 3.63) is 30.1 Å². The summed E-state index contributed by atoms with van der Waals surface area (Å²) in [6, 6.07) is 5.77. The van der Waals surface area contributed by atoms with Crippen molar-refractivity contribution in [2.45, 2.75) is 13.3 Å². The molecule has 2 aromatic rings. The number of carbonyl (C=O) groups is 1. The number of aryl methyl sites for hydroxylation is 1. The summed E-state index contributed by atoms with van der Waals surface area (Å²) >= 11 is 0. The van der Waals surface area contributed by atoms with E-state index in [9.17, 15) is 4.79 Å². The molecule has 19 heavy (non-hydrogen) atoms. The van der Waals surface area contributed by atoms with Gasteiger partial charge in [-0.1, -0.05) is 0 Å². The van der Waals surface area contributed by atoms with Crippen LogP contribution in [0.3, 0.4) is 0 Å². The number of anilines is 2. The molecule has 2 rings (SSSR count). The van der Waals surface area contributed by atoms with Crippen molar-refractivity contribution in [2.24, 2.45) is 0 Å².